The highest BCUT2D eigenvalue weighted by Gasteiger charge is 2.30. The molecule has 0 aromatic heterocycles. The molecular formula is C16H30N2O2. The van der Waals surface area contributed by atoms with Crippen molar-refractivity contribution >= 4 is 5.91 Å². The highest BCUT2D eigenvalue weighted by molar-refractivity contribution is 5.82. The summed E-state index contributed by atoms with van der Waals surface area (Å²) >= 11 is 0. The Labute approximate surface area is 123 Å². The summed E-state index contributed by atoms with van der Waals surface area (Å²) in [7, 11) is 0. The number of rotatable bonds is 3. The number of ether oxygens (including phenoxy) is 1. The summed E-state index contributed by atoms with van der Waals surface area (Å²) in [6.45, 7) is 6.93. The Kier molecular flexibility index (Phi) is 5.44. The zero-order valence-corrected chi connectivity index (χ0v) is 13.2. The summed E-state index contributed by atoms with van der Waals surface area (Å²) in [5.74, 6) is 0.106. The molecule has 0 spiro atoms. The fourth-order valence-electron chi connectivity index (χ4n) is 3.14. The molecule has 2 atom stereocenters. The van der Waals surface area contributed by atoms with E-state index < -0.39 is 0 Å². The molecule has 4 heteroatoms. The minimum absolute atomic E-state index is 0.100. The zero-order valence-electron chi connectivity index (χ0n) is 13.2. The van der Waals surface area contributed by atoms with Gasteiger partial charge in [-0.15, -0.1) is 0 Å². The van der Waals surface area contributed by atoms with Crippen molar-refractivity contribution in [3.05, 3.63) is 0 Å². The number of carbonyl (C=O) groups excluding carboxylic acids is 1. The molecule has 1 aliphatic heterocycles. The van der Waals surface area contributed by atoms with Crippen molar-refractivity contribution in [1.82, 2.24) is 10.6 Å². The third-order valence-electron chi connectivity index (χ3n) is 4.11. The third-order valence-corrected chi connectivity index (χ3v) is 4.11. The standard InChI is InChI=1S/C16H30N2O2/c1-16(2,3)18-15(19)14-11-13(9-10-17-14)20-12-7-5-4-6-8-12/h12-14,17H,4-11H2,1-3H3,(H,18,19)/t13-,14+/m1/s1. The first-order valence-corrected chi connectivity index (χ1v) is 8.15. The number of carbonyl (C=O) groups is 1. The summed E-state index contributed by atoms with van der Waals surface area (Å²) in [4.78, 5) is 12.2. The molecule has 1 heterocycles. The van der Waals surface area contributed by atoms with Gasteiger partial charge in [0.1, 0.15) is 0 Å². The van der Waals surface area contributed by atoms with Crippen molar-refractivity contribution in [1.29, 1.82) is 0 Å². The van der Waals surface area contributed by atoms with E-state index in [2.05, 4.69) is 10.6 Å². The summed E-state index contributed by atoms with van der Waals surface area (Å²) in [6.07, 6.45) is 8.84. The van der Waals surface area contributed by atoms with E-state index >= 15 is 0 Å². The van der Waals surface area contributed by atoms with E-state index in [-0.39, 0.29) is 23.6 Å². The Balaban J connectivity index is 1.80. The van der Waals surface area contributed by atoms with E-state index in [0.717, 1.165) is 19.4 Å². The van der Waals surface area contributed by atoms with Crippen LogP contribution >= 0.6 is 0 Å². The Morgan fingerprint density at radius 2 is 1.80 bits per heavy atom. The second kappa shape index (κ2) is 6.90. The van der Waals surface area contributed by atoms with E-state index in [0.29, 0.717) is 6.10 Å². The molecule has 4 nitrogen and oxygen atoms in total. The molecule has 2 fully saturated rings. The largest absolute Gasteiger partial charge is 0.375 e. The molecule has 116 valence electrons. The van der Waals surface area contributed by atoms with E-state index in [9.17, 15) is 4.79 Å². The molecule has 1 saturated heterocycles. The van der Waals surface area contributed by atoms with Gasteiger partial charge in [0.2, 0.25) is 5.91 Å². The van der Waals surface area contributed by atoms with Gasteiger partial charge in [-0.2, -0.15) is 0 Å². The topological polar surface area (TPSA) is 50.4 Å². The first-order valence-electron chi connectivity index (χ1n) is 8.15. The normalized spacial score (nSPS) is 29.1. The Morgan fingerprint density at radius 3 is 2.45 bits per heavy atom. The monoisotopic (exact) mass is 282 g/mol. The van der Waals surface area contributed by atoms with Crippen LogP contribution in [-0.2, 0) is 9.53 Å². The molecule has 2 N–H and O–H groups in total. The average molecular weight is 282 g/mol. The first kappa shape index (κ1) is 15.8. The summed E-state index contributed by atoms with van der Waals surface area (Å²) in [5, 5.41) is 6.37. The predicted molar refractivity (Wildman–Crippen MR) is 80.7 cm³/mol. The first-order chi connectivity index (χ1) is 9.44. The van der Waals surface area contributed by atoms with Crippen LogP contribution in [0.2, 0.25) is 0 Å². The number of hydrogen-bond acceptors (Lipinski definition) is 3. The molecule has 2 aliphatic rings. The van der Waals surface area contributed by atoms with Crippen LogP contribution in [0.3, 0.4) is 0 Å². The second-order valence-electron chi connectivity index (χ2n) is 7.29. The maximum absolute atomic E-state index is 12.2. The lowest BCUT2D eigenvalue weighted by molar-refractivity contribution is -0.127. The minimum Gasteiger partial charge on any atom is -0.375 e. The van der Waals surface area contributed by atoms with Crippen LogP contribution in [0.15, 0.2) is 0 Å². The smallest absolute Gasteiger partial charge is 0.237 e. The minimum atomic E-state index is -0.171. The molecule has 2 rings (SSSR count). The van der Waals surface area contributed by atoms with E-state index in [1.54, 1.807) is 0 Å². The number of piperidine rings is 1. The predicted octanol–water partition coefficient (Wildman–Crippen LogP) is 2.37. The average Bonchev–Trinajstić information content (AvgIpc) is 2.38. The summed E-state index contributed by atoms with van der Waals surface area (Å²) in [5.41, 5.74) is -0.171. The number of amides is 1. The van der Waals surface area contributed by atoms with Crippen molar-refractivity contribution in [2.45, 2.75) is 89.5 Å². The van der Waals surface area contributed by atoms with Gasteiger partial charge in [-0.3, -0.25) is 4.79 Å². The quantitative estimate of drug-likeness (QED) is 0.835. The van der Waals surface area contributed by atoms with Gasteiger partial charge >= 0.3 is 0 Å². The Bertz CT molecular complexity index is 319. The molecule has 0 aromatic rings. The molecule has 1 aliphatic carbocycles. The molecule has 0 radical (unpaired) electrons. The third kappa shape index (κ3) is 5.06. The zero-order chi connectivity index (χ0) is 14.6. The van der Waals surface area contributed by atoms with Crippen molar-refractivity contribution in [2.75, 3.05) is 6.54 Å². The van der Waals surface area contributed by atoms with Crippen molar-refractivity contribution < 1.29 is 9.53 Å². The molecule has 0 bridgehead atoms. The van der Waals surface area contributed by atoms with Crippen molar-refractivity contribution in [3.8, 4) is 0 Å². The van der Waals surface area contributed by atoms with E-state index in [4.69, 9.17) is 4.74 Å². The summed E-state index contributed by atoms with van der Waals surface area (Å²) < 4.78 is 6.22. The Hall–Kier alpha value is -0.610. The SMILES string of the molecule is CC(C)(C)NC(=O)[C@@H]1C[C@H](OC2CCCCC2)CCN1. The van der Waals surface area contributed by atoms with E-state index in [1.165, 1.54) is 32.1 Å². The lowest BCUT2D eigenvalue weighted by Gasteiger charge is -2.34. The van der Waals surface area contributed by atoms with E-state index in [1.807, 2.05) is 20.8 Å². The molecule has 0 unspecified atom stereocenters. The van der Waals surface area contributed by atoms with Gasteiger partial charge in [-0.05, 0) is 53.0 Å². The number of hydrogen-bond donors (Lipinski definition) is 2. The lowest BCUT2D eigenvalue weighted by Crippen LogP contribution is -2.54. The van der Waals surface area contributed by atoms with Gasteiger partial charge in [0.25, 0.3) is 0 Å². The molecule has 0 aromatic carbocycles. The fourth-order valence-corrected chi connectivity index (χ4v) is 3.14. The maximum Gasteiger partial charge on any atom is 0.237 e. The van der Waals surface area contributed by atoms with Crippen LogP contribution in [0.1, 0.15) is 65.7 Å². The second-order valence-corrected chi connectivity index (χ2v) is 7.29. The van der Waals surface area contributed by atoms with Crippen LogP contribution in [-0.4, -0.2) is 36.2 Å². The Morgan fingerprint density at radius 1 is 1.10 bits per heavy atom. The highest BCUT2D eigenvalue weighted by Crippen LogP contribution is 2.24. The molecule has 20 heavy (non-hydrogen) atoms. The van der Waals surface area contributed by atoms with Crippen LogP contribution < -0.4 is 10.6 Å². The van der Waals surface area contributed by atoms with Crippen LogP contribution in [0, 0.1) is 0 Å². The lowest BCUT2D eigenvalue weighted by atomic mass is 9.96. The van der Waals surface area contributed by atoms with Crippen molar-refractivity contribution in [2.24, 2.45) is 0 Å². The van der Waals surface area contributed by atoms with Gasteiger partial charge < -0.3 is 15.4 Å². The van der Waals surface area contributed by atoms with Gasteiger partial charge in [0.15, 0.2) is 0 Å². The van der Waals surface area contributed by atoms with Gasteiger partial charge in [0.05, 0.1) is 18.2 Å². The molecule has 1 saturated carbocycles. The summed E-state index contributed by atoms with van der Waals surface area (Å²) in [6, 6.07) is -0.100. The highest BCUT2D eigenvalue weighted by atomic mass is 16.5. The van der Waals surface area contributed by atoms with Gasteiger partial charge in [-0.1, -0.05) is 19.3 Å². The maximum atomic E-state index is 12.2. The van der Waals surface area contributed by atoms with Crippen LogP contribution in [0.5, 0.6) is 0 Å². The van der Waals surface area contributed by atoms with Gasteiger partial charge in [0, 0.05) is 5.54 Å². The van der Waals surface area contributed by atoms with Crippen LogP contribution in [0.4, 0.5) is 0 Å². The number of nitrogens with one attached hydrogen (secondary N) is 2. The van der Waals surface area contributed by atoms with Gasteiger partial charge in [-0.25, -0.2) is 0 Å². The fraction of sp³-hybridized carbons (Fsp3) is 0.938. The van der Waals surface area contributed by atoms with Crippen molar-refractivity contribution in [3.63, 3.8) is 0 Å². The molecule has 1 amide bonds. The molecular weight excluding hydrogens is 252 g/mol. The van der Waals surface area contributed by atoms with Crippen LogP contribution in [0.25, 0.3) is 0 Å².